The van der Waals surface area contributed by atoms with Gasteiger partial charge in [-0.1, -0.05) is 18.2 Å². The molecule has 2 aromatic carbocycles. The van der Waals surface area contributed by atoms with Crippen molar-refractivity contribution in [3.05, 3.63) is 75.8 Å². The first-order chi connectivity index (χ1) is 14.0. The number of rotatable bonds is 5. The fraction of sp³-hybridized carbons (Fsp3) is 0.100. The highest BCUT2D eigenvalue weighted by molar-refractivity contribution is 7.16. The molecule has 0 saturated heterocycles. The van der Waals surface area contributed by atoms with Crippen molar-refractivity contribution in [2.75, 3.05) is 12.4 Å². The molecule has 0 fully saturated rings. The van der Waals surface area contributed by atoms with Gasteiger partial charge < -0.3 is 4.74 Å². The fourth-order valence-corrected chi connectivity index (χ4v) is 3.62. The molecule has 1 amide bonds. The molecule has 4 rings (SSSR count). The van der Waals surface area contributed by atoms with Crippen LogP contribution in [0, 0.1) is 6.92 Å². The molecule has 4 aromatic rings. The second-order valence-electron chi connectivity index (χ2n) is 6.13. The largest absolute Gasteiger partial charge is 0.497 e. The topological polar surface area (TPSA) is 102 Å². The Labute approximate surface area is 169 Å². The van der Waals surface area contributed by atoms with Gasteiger partial charge >= 0.3 is 5.69 Å². The van der Waals surface area contributed by atoms with Crippen molar-refractivity contribution >= 4 is 22.4 Å². The molecule has 0 spiro atoms. The van der Waals surface area contributed by atoms with E-state index in [-0.39, 0.29) is 5.82 Å². The Morgan fingerprint density at radius 2 is 1.86 bits per heavy atom. The quantitative estimate of drug-likeness (QED) is 0.529. The molecule has 0 aliphatic heterocycles. The van der Waals surface area contributed by atoms with E-state index in [1.165, 1.54) is 11.3 Å². The average molecular weight is 407 g/mol. The third kappa shape index (κ3) is 3.81. The van der Waals surface area contributed by atoms with Crippen molar-refractivity contribution in [3.8, 4) is 22.7 Å². The number of thiazole rings is 1. The van der Waals surface area contributed by atoms with Crippen molar-refractivity contribution < 1.29 is 9.53 Å². The summed E-state index contributed by atoms with van der Waals surface area (Å²) >= 11 is 1.35. The number of hydrogen-bond donors (Lipinski definition) is 2. The molecule has 2 N–H and O–H groups in total. The van der Waals surface area contributed by atoms with Crippen molar-refractivity contribution in [3.63, 3.8) is 0 Å². The number of nitrogens with one attached hydrogen (secondary N) is 2. The van der Waals surface area contributed by atoms with Crippen LogP contribution in [0.15, 0.2) is 59.4 Å². The highest BCUT2D eigenvalue weighted by atomic mass is 32.1. The van der Waals surface area contributed by atoms with Gasteiger partial charge in [-0.3, -0.25) is 15.1 Å². The number of nitrogens with zero attached hydrogens (tertiary/aromatic N) is 3. The normalized spacial score (nSPS) is 10.7. The van der Waals surface area contributed by atoms with Crippen molar-refractivity contribution in [2.24, 2.45) is 0 Å². The third-order valence-electron chi connectivity index (χ3n) is 4.21. The van der Waals surface area contributed by atoms with E-state index in [1.54, 1.807) is 31.4 Å². The summed E-state index contributed by atoms with van der Waals surface area (Å²) in [6.07, 6.45) is 0. The number of H-pyrrole nitrogens is 1. The van der Waals surface area contributed by atoms with Crippen LogP contribution < -0.4 is 15.7 Å². The zero-order valence-corrected chi connectivity index (χ0v) is 16.5. The zero-order chi connectivity index (χ0) is 20.4. The summed E-state index contributed by atoms with van der Waals surface area (Å²) in [4.78, 5) is 32.6. The smallest absolute Gasteiger partial charge is 0.348 e. The summed E-state index contributed by atoms with van der Waals surface area (Å²) < 4.78 is 6.32. The number of aromatic amines is 1. The second-order valence-corrected chi connectivity index (χ2v) is 7.34. The molecule has 0 aliphatic carbocycles. The van der Waals surface area contributed by atoms with Crippen molar-refractivity contribution in [2.45, 2.75) is 6.92 Å². The molecule has 0 unspecified atom stereocenters. The van der Waals surface area contributed by atoms with E-state index in [0.29, 0.717) is 10.8 Å². The predicted molar refractivity (Wildman–Crippen MR) is 111 cm³/mol. The molecule has 2 heterocycles. The number of methoxy groups -OCH3 is 1. The molecule has 0 bridgehead atoms. The van der Waals surface area contributed by atoms with Crippen LogP contribution >= 0.6 is 11.3 Å². The molecule has 0 radical (unpaired) electrons. The Hall–Kier alpha value is -3.72. The number of anilines is 1. The van der Waals surface area contributed by atoms with Gasteiger partial charge in [0.2, 0.25) is 5.82 Å². The molecule has 29 heavy (non-hydrogen) atoms. The van der Waals surface area contributed by atoms with Crippen LogP contribution in [0.5, 0.6) is 5.75 Å². The number of ether oxygens (including phenoxy) is 1. The minimum absolute atomic E-state index is 0.0855. The number of aromatic nitrogens is 4. The Balaban J connectivity index is 1.56. The predicted octanol–water partition coefficient (Wildman–Crippen LogP) is 3.25. The van der Waals surface area contributed by atoms with Crippen molar-refractivity contribution in [1.82, 2.24) is 19.7 Å². The highest BCUT2D eigenvalue weighted by Crippen LogP contribution is 2.31. The number of benzene rings is 2. The lowest BCUT2D eigenvalue weighted by atomic mass is 10.1. The highest BCUT2D eigenvalue weighted by Gasteiger charge is 2.17. The van der Waals surface area contributed by atoms with Gasteiger partial charge in [-0.25, -0.2) is 9.78 Å². The number of para-hydroxylation sites is 1. The van der Waals surface area contributed by atoms with Crippen LogP contribution in [0.4, 0.5) is 5.13 Å². The number of aryl methyl sites for hydroxylation is 1. The van der Waals surface area contributed by atoms with E-state index >= 15 is 0 Å². The summed E-state index contributed by atoms with van der Waals surface area (Å²) in [5.41, 5.74) is 1.77. The van der Waals surface area contributed by atoms with Gasteiger partial charge in [0, 0.05) is 10.4 Å². The van der Waals surface area contributed by atoms with Crippen molar-refractivity contribution in [1.29, 1.82) is 0 Å². The van der Waals surface area contributed by atoms with Crippen LogP contribution in [0.3, 0.4) is 0 Å². The Morgan fingerprint density at radius 3 is 2.55 bits per heavy atom. The standard InChI is InChI=1S/C20H17N5O3S/c1-12-16(13-8-10-15(28-2)11-9-13)21-19(29-12)23-18(26)17-22-20(27)25(24-17)14-6-4-3-5-7-14/h3-11H,1-2H3,(H,21,23,26)(H,22,24,27). The maximum Gasteiger partial charge on any atom is 0.348 e. The van der Waals surface area contributed by atoms with Gasteiger partial charge in [-0.05, 0) is 43.3 Å². The number of amides is 1. The zero-order valence-electron chi connectivity index (χ0n) is 15.7. The summed E-state index contributed by atoms with van der Waals surface area (Å²) in [7, 11) is 1.61. The van der Waals surface area contributed by atoms with Crippen LogP contribution in [-0.2, 0) is 0 Å². The van der Waals surface area contributed by atoms with Gasteiger partial charge in [0.05, 0.1) is 18.5 Å². The summed E-state index contributed by atoms with van der Waals surface area (Å²) in [6, 6.07) is 16.4. The van der Waals surface area contributed by atoms with Gasteiger partial charge in [0.25, 0.3) is 5.91 Å². The summed E-state index contributed by atoms with van der Waals surface area (Å²) in [5.74, 6) is 0.137. The number of carbonyl (C=O) groups is 1. The summed E-state index contributed by atoms with van der Waals surface area (Å²) in [6.45, 7) is 1.93. The van der Waals surface area contributed by atoms with Gasteiger partial charge in [-0.15, -0.1) is 16.4 Å². The lowest BCUT2D eigenvalue weighted by Gasteiger charge is -2.01. The maximum atomic E-state index is 12.5. The first-order valence-corrected chi connectivity index (χ1v) is 9.55. The monoisotopic (exact) mass is 407 g/mol. The van der Waals surface area contributed by atoms with Gasteiger partial charge in [0.15, 0.2) is 5.13 Å². The number of hydrogen-bond acceptors (Lipinski definition) is 6. The molecule has 2 aromatic heterocycles. The van der Waals surface area contributed by atoms with E-state index in [1.807, 2.05) is 37.3 Å². The van der Waals surface area contributed by atoms with Crippen LogP contribution in [0.1, 0.15) is 15.5 Å². The van der Waals surface area contributed by atoms with E-state index in [4.69, 9.17) is 4.74 Å². The van der Waals surface area contributed by atoms with E-state index in [2.05, 4.69) is 20.4 Å². The SMILES string of the molecule is COc1ccc(-c2nc(NC(=O)c3nn(-c4ccccc4)c(=O)[nH]3)sc2C)cc1. The lowest BCUT2D eigenvalue weighted by Crippen LogP contribution is -2.15. The average Bonchev–Trinajstić information content (AvgIpc) is 3.31. The third-order valence-corrected chi connectivity index (χ3v) is 5.10. The van der Waals surface area contributed by atoms with Crippen LogP contribution in [-0.4, -0.2) is 32.8 Å². The fourth-order valence-electron chi connectivity index (χ4n) is 2.79. The minimum atomic E-state index is -0.535. The first kappa shape index (κ1) is 18.6. The van der Waals surface area contributed by atoms with Gasteiger partial charge in [-0.2, -0.15) is 4.68 Å². The maximum absolute atomic E-state index is 12.5. The van der Waals surface area contributed by atoms with Crippen LogP contribution in [0.25, 0.3) is 16.9 Å². The lowest BCUT2D eigenvalue weighted by molar-refractivity contribution is 0.101. The Kier molecular flexibility index (Phi) is 4.96. The molecule has 0 aliphatic rings. The summed E-state index contributed by atoms with van der Waals surface area (Å²) in [5, 5.41) is 7.21. The molecule has 0 saturated carbocycles. The molecule has 9 heteroatoms. The van der Waals surface area contributed by atoms with E-state index < -0.39 is 11.6 Å². The Morgan fingerprint density at radius 1 is 1.14 bits per heavy atom. The first-order valence-electron chi connectivity index (χ1n) is 8.73. The molecule has 146 valence electrons. The van der Waals surface area contributed by atoms with E-state index in [0.717, 1.165) is 26.6 Å². The molecular formula is C20H17N5O3S. The van der Waals surface area contributed by atoms with E-state index in [9.17, 15) is 9.59 Å². The Bertz CT molecular complexity index is 1210. The van der Waals surface area contributed by atoms with Crippen LogP contribution in [0.2, 0.25) is 0 Å². The molecular weight excluding hydrogens is 390 g/mol. The molecule has 0 atom stereocenters. The van der Waals surface area contributed by atoms with Gasteiger partial charge in [0.1, 0.15) is 5.75 Å². The number of carbonyl (C=O) groups excluding carboxylic acids is 1. The minimum Gasteiger partial charge on any atom is -0.497 e. The molecule has 8 nitrogen and oxygen atoms in total. The second kappa shape index (κ2) is 7.72.